The molecule has 4 rings (SSSR count). The number of urea groups is 1. The fraction of sp³-hybridized carbons (Fsp3) is 0.0833. The van der Waals surface area contributed by atoms with Gasteiger partial charge in [0.2, 0.25) is 0 Å². The number of methoxy groups -OCH3 is 1. The number of benzene rings is 3. The first kappa shape index (κ1) is 20.0. The van der Waals surface area contributed by atoms with Crippen LogP contribution >= 0.6 is 0 Å². The van der Waals surface area contributed by atoms with Crippen LogP contribution in [-0.4, -0.2) is 36.2 Å². The highest BCUT2D eigenvalue weighted by molar-refractivity contribution is 6.10. The molecule has 1 fully saturated rings. The van der Waals surface area contributed by atoms with Gasteiger partial charge in [0.05, 0.1) is 18.9 Å². The standard InChI is InChI=1S/C24H19N3O4/c1-31-21(28)18-14-12-17(13-15-18)16-25-27-22(29)24(26-23(27)30,19-8-4-2-5-9-19)20-10-6-3-7-11-20/h2-16H,1H3,(H,26,30)/b25-16-. The third-order valence-electron chi connectivity index (χ3n) is 5.07. The van der Waals surface area contributed by atoms with Crippen molar-refractivity contribution < 1.29 is 19.1 Å². The molecule has 3 aromatic carbocycles. The summed E-state index contributed by atoms with van der Waals surface area (Å²) in [5.74, 6) is -0.953. The van der Waals surface area contributed by atoms with Gasteiger partial charge in [-0.05, 0) is 28.8 Å². The van der Waals surface area contributed by atoms with Gasteiger partial charge in [-0.3, -0.25) is 4.79 Å². The van der Waals surface area contributed by atoms with Gasteiger partial charge in [0.1, 0.15) is 0 Å². The molecule has 1 saturated heterocycles. The SMILES string of the molecule is COC(=O)c1ccc(/C=N\N2C(=O)NC(c3ccccc3)(c3ccccc3)C2=O)cc1. The lowest BCUT2D eigenvalue weighted by atomic mass is 9.83. The Morgan fingerprint density at radius 2 is 1.45 bits per heavy atom. The lowest BCUT2D eigenvalue weighted by Gasteiger charge is -2.27. The number of amides is 3. The van der Waals surface area contributed by atoms with Crippen LogP contribution in [0.4, 0.5) is 4.79 Å². The van der Waals surface area contributed by atoms with E-state index in [1.54, 1.807) is 48.5 Å². The highest BCUT2D eigenvalue weighted by Gasteiger charge is 2.54. The van der Waals surface area contributed by atoms with Crippen molar-refractivity contribution in [2.45, 2.75) is 5.54 Å². The van der Waals surface area contributed by atoms with Gasteiger partial charge in [0.25, 0.3) is 5.91 Å². The molecule has 0 unspecified atom stereocenters. The topological polar surface area (TPSA) is 88.1 Å². The van der Waals surface area contributed by atoms with Crippen molar-refractivity contribution >= 4 is 24.1 Å². The molecule has 1 aliphatic heterocycles. The van der Waals surface area contributed by atoms with Crippen LogP contribution in [-0.2, 0) is 15.1 Å². The van der Waals surface area contributed by atoms with Gasteiger partial charge in [-0.1, -0.05) is 72.8 Å². The minimum atomic E-state index is -1.37. The molecular weight excluding hydrogens is 394 g/mol. The highest BCUT2D eigenvalue weighted by atomic mass is 16.5. The molecule has 1 N–H and O–H groups in total. The van der Waals surface area contributed by atoms with E-state index in [9.17, 15) is 14.4 Å². The van der Waals surface area contributed by atoms with E-state index in [2.05, 4.69) is 15.2 Å². The summed E-state index contributed by atoms with van der Waals surface area (Å²) in [6.07, 6.45) is 1.39. The number of carbonyl (C=O) groups excluding carboxylic acids is 3. The Bertz CT molecular complexity index is 1100. The molecule has 0 radical (unpaired) electrons. The van der Waals surface area contributed by atoms with Gasteiger partial charge in [0, 0.05) is 0 Å². The number of imide groups is 1. The Hall–Kier alpha value is -4.26. The van der Waals surface area contributed by atoms with Gasteiger partial charge in [0.15, 0.2) is 5.54 Å². The van der Waals surface area contributed by atoms with E-state index in [-0.39, 0.29) is 0 Å². The minimum absolute atomic E-state index is 0.391. The molecule has 31 heavy (non-hydrogen) atoms. The Morgan fingerprint density at radius 3 is 1.97 bits per heavy atom. The van der Waals surface area contributed by atoms with Crippen molar-refractivity contribution in [3.05, 3.63) is 107 Å². The maximum atomic E-state index is 13.5. The third kappa shape index (κ3) is 3.57. The summed E-state index contributed by atoms with van der Waals surface area (Å²) in [5, 5.41) is 7.78. The number of hydrogen-bond acceptors (Lipinski definition) is 5. The first-order valence-electron chi connectivity index (χ1n) is 9.56. The fourth-order valence-electron chi connectivity index (χ4n) is 3.50. The zero-order valence-corrected chi connectivity index (χ0v) is 16.7. The number of hydrazone groups is 1. The summed E-state index contributed by atoms with van der Waals surface area (Å²) in [6.45, 7) is 0. The third-order valence-corrected chi connectivity index (χ3v) is 5.07. The van der Waals surface area contributed by atoms with Gasteiger partial charge < -0.3 is 10.1 Å². The second kappa shape index (κ2) is 8.23. The lowest BCUT2D eigenvalue weighted by Crippen LogP contribution is -2.44. The van der Waals surface area contributed by atoms with Crippen molar-refractivity contribution in [1.29, 1.82) is 0 Å². The second-order valence-electron chi connectivity index (χ2n) is 6.89. The summed E-state index contributed by atoms with van der Waals surface area (Å²) in [6, 6.07) is 24.0. The second-order valence-corrected chi connectivity index (χ2v) is 6.89. The molecule has 3 amide bonds. The molecule has 154 valence electrons. The Kier molecular flexibility index (Phi) is 5.32. The molecule has 0 bridgehead atoms. The van der Waals surface area contributed by atoms with E-state index < -0.39 is 23.4 Å². The molecule has 7 nitrogen and oxygen atoms in total. The number of carbonyl (C=O) groups is 3. The summed E-state index contributed by atoms with van der Waals surface area (Å²) in [7, 11) is 1.31. The van der Waals surface area contributed by atoms with E-state index in [4.69, 9.17) is 0 Å². The van der Waals surface area contributed by atoms with Crippen molar-refractivity contribution in [3.8, 4) is 0 Å². The van der Waals surface area contributed by atoms with E-state index in [0.29, 0.717) is 22.3 Å². The largest absolute Gasteiger partial charge is 0.465 e. The van der Waals surface area contributed by atoms with Crippen molar-refractivity contribution in [2.24, 2.45) is 5.10 Å². The maximum absolute atomic E-state index is 13.5. The molecule has 1 heterocycles. The molecular formula is C24H19N3O4. The van der Waals surface area contributed by atoms with Crippen molar-refractivity contribution in [3.63, 3.8) is 0 Å². The Balaban J connectivity index is 1.68. The number of rotatable bonds is 5. The Morgan fingerprint density at radius 1 is 0.903 bits per heavy atom. The highest BCUT2D eigenvalue weighted by Crippen LogP contribution is 2.36. The van der Waals surface area contributed by atoms with Crippen molar-refractivity contribution in [1.82, 2.24) is 10.3 Å². The van der Waals surface area contributed by atoms with Crippen molar-refractivity contribution in [2.75, 3.05) is 7.11 Å². The van der Waals surface area contributed by atoms with Gasteiger partial charge >= 0.3 is 12.0 Å². The molecule has 7 heteroatoms. The number of ether oxygens (including phenoxy) is 1. The number of hydrogen-bond donors (Lipinski definition) is 1. The Labute approximate surface area is 179 Å². The van der Waals surface area contributed by atoms with Gasteiger partial charge in [-0.2, -0.15) is 5.10 Å². The van der Waals surface area contributed by atoms with Crippen LogP contribution in [0.2, 0.25) is 0 Å². The van der Waals surface area contributed by atoms with E-state index >= 15 is 0 Å². The molecule has 0 atom stereocenters. The van der Waals surface area contributed by atoms with E-state index in [1.807, 2.05) is 36.4 Å². The number of esters is 1. The van der Waals surface area contributed by atoms with Crippen LogP contribution in [0.25, 0.3) is 0 Å². The zero-order valence-electron chi connectivity index (χ0n) is 16.7. The summed E-state index contributed by atoms with van der Waals surface area (Å²) >= 11 is 0. The van der Waals surface area contributed by atoms with E-state index in [0.717, 1.165) is 5.01 Å². The van der Waals surface area contributed by atoms with Crippen LogP contribution in [0.5, 0.6) is 0 Å². The molecule has 3 aromatic rings. The predicted octanol–water partition coefficient (Wildman–Crippen LogP) is 3.30. The normalized spacial score (nSPS) is 15.2. The molecule has 0 spiro atoms. The predicted molar refractivity (Wildman–Crippen MR) is 114 cm³/mol. The van der Waals surface area contributed by atoms with Gasteiger partial charge in [-0.25, -0.2) is 9.59 Å². The maximum Gasteiger partial charge on any atom is 0.346 e. The molecule has 0 aromatic heterocycles. The quantitative estimate of drug-likeness (QED) is 0.395. The minimum Gasteiger partial charge on any atom is -0.465 e. The molecule has 1 aliphatic rings. The van der Waals surface area contributed by atoms with Crippen LogP contribution in [0.3, 0.4) is 0 Å². The smallest absolute Gasteiger partial charge is 0.346 e. The molecule has 0 saturated carbocycles. The van der Waals surface area contributed by atoms with Crippen LogP contribution in [0.15, 0.2) is 90.0 Å². The zero-order chi connectivity index (χ0) is 21.8. The average molecular weight is 413 g/mol. The monoisotopic (exact) mass is 413 g/mol. The van der Waals surface area contributed by atoms with Crippen LogP contribution in [0, 0.1) is 0 Å². The van der Waals surface area contributed by atoms with Crippen LogP contribution in [0.1, 0.15) is 27.0 Å². The summed E-state index contributed by atoms with van der Waals surface area (Å²) in [4.78, 5) is 37.8. The fourth-order valence-corrected chi connectivity index (χ4v) is 3.50. The molecule has 0 aliphatic carbocycles. The average Bonchev–Trinajstić information content (AvgIpc) is 3.09. The van der Waals surface area contributed by atoms with Gasteiger partial charge in [-0.15, -0.1) is 5.01 Å². The first-order chi connectivity index (χ1) is 15.1. The summed E-state index contributed by atoms with van der Waals surface area (Å²) in [5.41, 5.74) is 0.914. The number of nitrogens with zero attached hydrogens (tertiary/aromatic N) is 2. The van der Waals surface area contributed by atoms with Crippen LogP contribution < -0.4 is 5.32 Å². The summed E-state index contributed by atoms with van der Waals surface area (Å²) < 4.78 is 4.67. The lowest BCUT2D eigenvalue weighted by molar-refractivity contribution is -0.130. The van der Waals surface area contributed by atoms with E-state index in [1.165, 1.54) is 13.3 Å². The first-order valence-corrected chi connectivity index (χ1v) is 9.56. The number of nitrogens with one attached hydrogen (secondary N) is 1.